The van der Waals surface area contributed by atoms with Crippen molar-refractivity contribution in [2.24, 2.45) is 11.3 Å². The Labute approximate surface area is 174 Å². The quantitative estimate of drug-likeness (QED) is 0.754. The fourth-order valence-corrected chi connectivity index (χ4v) is 3.77. The molecule has 158 valence electrons. The molecule has 2 N–H and O–H groups in total. The van der Waals surface area contributed by atoms with Gasteiger partial charge in [-0.1, -0.05) is 52.0 Å². The maximum absolute atomic E-state index is 12.6. The van der Waals surface area contributed by atoms with E-state index in [-0.39, 0.29) is 17.5 Å². The van der Waals surface area contributed by atoms with Gasteiger partial charge in [-0.25, -0.2) is 4.79 Å². The molecule has 0 saturated carbocycles. The summed E-state index contributed by atoms with van der Waals surface area (Å²) in [6.07, 6.45) is 4.80. The Balaban J connectivity index is 1.50. The summed E-state index contributed by atoms with van der Waals surface area (Å²) in [4.78, 5) is 15.0. The number of benzene rings is 1. The van der Waals surface area contributed by atoms with Crippen LogP contribution < -0.4 is 10.6 Å². The van der Waals surface area contributed by atoms with Crippen molar-refractivity contribution in [3.63, 3.8) is 0 Å². The Morgan fingerprint density at radius 1 is 1.17 bits per heavy atom. The van der Waals surface area contributed by atoms with Gasteiger partial charge in [-0.15, -0.1) is 0 Å². The lowest BCUT2D eigenvalue weighted by Crippen LogP contribution is -2.54. The lowest BCUT2D eigenvalue weighted by molar-refractivity contribution is 0.161. The van der Waals surface area contributed by atoms with Crippen LogP contribution in [-0.2, 0) is 19.5 Å². The molecule has 2 atom stereocenters. The average molecular weight is 398 g/mol. The maximum Gasteiger partial charge on any atom is 0.315 e. The van der Waals surface area contributed by atoms with Crippen molar-refractivity contribution < 1.29 is 4.79 Å². The number of nitrogens with zero attached hydrogens (tertiary/aromatic N) is 3. The predicted octanol–water partition coefficient (Wildman–Crippen LogP) is 3.29. The van der Waals surface area contributed by atoms with Crippen molar-refractivity contribution in [3.8, 4) is 0 Å². The van der Waals surface area contributed by atoms with Gasteiger partial charge in [0, 0.05) is 51.2 Å². The first kappa shape index (κ1) is 21.4. The number of aromatic nitrogens is 2. The van der Waals surface area contributed by atoms with E-state index in [2.05, 4.69) is 72.6 Å². The standard InChI is InChI=1S/C23H35N5O/c1-18(15-28-12-7-11-25-28)14-24-22(29)26-21(23(2,3)4)17-27-13-10-19-8-5-6-9-20(19)16-27/h5-9,11-12,18,21H,10,13-17H2,1-4H3,(H2,24,26,29)/t18-,21-/m0/s1. The third-order valence-corrected chi connectivity index (χ3v) is 5.67. The van der Waals surface area contributed by atoms with E-state index in [0.717, 1.165) is 32.6 Å². The highest BCUT2D eigenvalue weighted by molar-refractivity contribution is 5.74. The maximum atomic E-state index is 12.6. The smallest absolute Gasteiger partial charge is 0.315 e. The van der Waals surface area contributed by atoms with E-state index in [1.807, 2.05) is 16.9 Å². The molecule has 1 aliphatic rings. The van der Waals surface area contributed by atoms with Crippen LogP contribution in [0.25, 0.3) is 0 Å². The Kier molecular flexibility index (Phi) is 6.96. The fourth-order valence-electron chi connectivity index (χ4n) is 3.77. The van der Waals surface area contributed by atoms with E-state index in [1.54, 1.807) is 6.20 Å². The van der Waals surface area contributed by atoms with Crippen LogP contribution in [0.2, 0.25) is 0 Å². The molecule has 0 bridgehead atoms. The predicted molar refractivity (Wildman–Crippen MR) is 117 cm³/mol. The Hall–Kier alpha value is -2.34. The molecular formula is C23H35N5O. The molecule has 6 nitrogen and oxygen atoms in total. The minimum absolute atomic E-state index is 0.0189. The van der Waals surface area contributed by atoms with Crippen molar-refractivity contribution in [2.45, 2.75) is 53.2 Å². The van der Waals surface area contributed by atoms with Gasteiger partial charge < -0.3 is 10.6 Å². The van der Waals surface area contributed by atoms with E-state index in [1.165, 1.54) is 11.1 Å². The topological polar surface area (TPSA) is 62.2 Å². The fraction of sp³-hybridized carbons (Fsp3) is 0.565. The summed E-state index contributed by atoms with van der Waals surface area (Å²) in [5, 5.41) is 10.5. The summed E-state index contributed by atoms with van der Waals surface area (Å²) >= 11 is 0. The van der Waals surface area contributed by atoms with E-state index in [0.29, 0.717) is 12.5 Å². The first-order valence-corrected chi connectivity index (χ1v) is 10.6. The molecule has 1 aromatic carbocycles. The van der Waals surface area contributed by atoms with Crippen LogP contribution in [0.4, 0.5) is 4.79 Å². The van der Waals surface area contributed by atoms with Gasteiger partial charge >= 0.3 is 6.03 Å². The molecule has 2 amide bonds. The van der Waals surface area contributed by atoms with E-state index in [4.69, 9.17) is 0 Å². The van der Waals surface area contributed by atoms with Crippen LogP contribution in [0.5, 0.6) is 0 Å². The van der Waals surface area contributed by atoms with Gasteiger partial charge in [0.15, 0.2) is 0 Å². The van der Waals surface area contributed by atoms with Crippen LogP contribution >= 0.6 is 0 Å². The van der Waals surface area contributed by atoms with E-state index in [9.17, 15) is 4.79 Å². The lowest BCUT2D eigenvalue weighted by atomic mass is 9.86. The Morgan fingerprint density at radius 2 is 1.93 bits per heavy atom. The van der Waals surface area contributed by atoms with Crippen LogP contribution in [0.1, 0.15) is 38.8 Å². The molecule has 0 unspecified atom stereocenters. The Bertz CT molecular complexity index is 781. The highest BCUT2D eigenvalue weighted by atomic mass is 16.2. The second-order valence-corrected chi connectivity index (χ2v) is 9.36. The van der Waals surface area contributed by atoms with Crippen molar-refractivity contribution in [1.29, 1.82) is 0 Å². The van der Waals surface area contributed by atoms with Crippen molar-refractivity contribution in [3.05, 3.63) is 53.9 Å². The van der Waals surface area contributed by atoms with Crippen LogP contribution in [0, 0.1) is 11.3 Å². The van der Waals surface area contributed by atoms with Crippen LogP contribution in [0.15, 0.2) is 42.7 Å². The number of urea groups is 1. The SMILES string of the molecule is C[C@@H](CNC(=O)N[C@@H](CN1CCc2ccccc2C1)C(C)(C)C)Cn1cccn1. The van der Waals surface area contributed by atoms with Crippen molar-refractivity contribution in [2.75, 3.05) is 19.6 Å². The number of hydrogen-bond donors (Lipinski definition) is 2. The van der Waals surface area contributed by atoms with Crippen molar-refractivity contribution >= 4 is 6.03 Å². The number of amides is 2. The highest BCUT2D eigenvalue weighted by Gasteiger charge is 2.29. The number of rotatable bonds is 7. The minimum atomic E-state index is -0.0883. The van der Waals surface area contributed by atoms with Gasteiger partial charge in [0.2, 0.25) is 0 Å². The van der Waals surface area contributed by atoms with Gasteiger partial charge in [-0.2, -0.15) is 5.10 Å². The molecule has 0 spiro atoms. The summed E-state index contributed by atoms with van der Waals surface area (Å²) in [5.74, 6) is 0.312. The van der Waals surface area contributed by atoms with E-state index < -0.39 is 0 Å². The second-order valence-electron chi connectivity index (χ2n) is 9.36. The largest absolute Gasteiger partial charge is 0.338 e. The molecule has 0 fully saturated rings. The number of carbonyl (C=O) groups is 1. The monoisotopic (exact) mass is 397 g/mol. The molecule has 29 heavy (non-hydrogen) atoms. The number of hydrogen-bond acceptors (Lipinski definition) is 3. The highest BCUT2D eigenvalue weighted by Crippen LogP contribution is 2.24. The van der Waals surface area contributed by atoms with E-state index >= 15 is 0 Å². The summed E-state index contributed by atoms with van der Waals surface area (Å²) in [6.45, 7) is 13.0. The first-order valence-electron chi connectivity index (χ1n) is 10.6. The molecule has 2 heterocycles. The zero-order valence-corrected chi connectivity index (χ0v) is 18.2. The van der Waals surface area contributed by atoms with Crippen molar-refractivity contribution in [1.82, 2.24) is 25.3 Å². The van der Waals surface area contributed by atoms with Gasteiger partial charge in [-0.05, 0) is 34.9 Å². The summed E-state index contributed by atoms with van der Waals surface area (Å²) in [7, 11) is 0. The molecule has 1 aromatic heterocycles. The number of fused-ring (bicyclic) bond motifs is 1. The summed E-state index contributed by atoms with van der Waals surface area (Å²) in [6, 6.07) is 10.6. The molecule has 3 rings (SSSR count). The van der Waals surface area contributed by atoms with Gasteiger partial charge in [-0.3, -0.25) is 9.58 Å². The van der Waals surface area contributed by atoms with Gasteiger partial charge in [0.1, 0.15) is 0 Å². The third kappa shape index (κ3) is 6.32. The normalized spacial score (nSPS) is 16.7. The molecule has 0 radical (unpaired) electrons. The van der Waals surface area contributed by atoms with Gasteiger partial charge in [0.25, 0.3) is 0 Å². The minimum Gasteiger partial charge on any atom is -0.338 e. The zero-order valence-electron chi connectivity index (χ0n) is 18.2. The number of nitrogens with one attached hydrogen (secondary N) is 2. The molecule has 1 aliphatic heterocycles. The molecular weight excluding hydrogens is 362 g/mol. The first-order chi connectivity index (χ1) is 13.8. The lowest BCUT2D eigenvalue weighted by Gasteiger charge is -2.38. The molecule has 0 saturated heterocycles. The zero-order chi connectivity index (χ0) is 20.9. The molecule has 6 heteroatoms. The summed E-state index contributed by atoms with van der Waals surface area (Å²) < 4.78 is 1.90. The Morgan fingerprint density at radius 3 is 2.62 bits per heavy atom. The molecule has 2 aromatic rings. The number of carbonyl (C=O) groups excluding carboxylic acids is 1. The van der Waals surface area contributed by atoms with Gasteiger partial charge in [0.05, 0.1) is 0 Å². The summed E-state index contributed by atoms with van der Waals surface area (Å²) in [5.41, 5.74) is 2.84. The third-order valence-electron chi connectivity index (χ3n) is 5.67. The van der Waals surface area contributed by atoms with Crippen LogP contribution in [-0.4, -0.2) is 46.4 Å². The second kappa shape index (κ2) is 9.44. The average Bonchev–Trinajstić information content (AvgIpc) is 3.18. The van der Waals surface area contributed by atoms with Crippen LogP contribution in [0.3, 0.4) is 0 Å². The molecule has 0 aliphatic carbocycles.